The maximum absolute atomic E-state index is 12.4. The molecule has 1 aliphatic rings. The van der Waals surface area contributed by atoms with Gasteiger partial charge in [0, 0.05) is 12.5 Å². The van der Waals surface area contributed by atoms with E-state index in [-0.39, 0.29) is 11.7 Å². The highest BCUT2D eigenvalue weighted by atomic mass is 16.5. The molecule has 0 radical (unpaired) electrons. The normalized spacial score (nSPS) is 20.3. The Hall–Kier alpha value is -1.86. The summed E-state index contributed by atoms with van der Waals surface area (Å²) in [7, 11) is 1.57. The highest BCUT2D eigenvalue weighted by Gasteiger charge is 2.29. The molecule has 1 saturated heterocycles. The molecule has 1 aromatic carbocycles. The molecule has 2 rings (SSSR count). The van der Waals surface area contributed by atoms with Crippen LogP contribution in [0, 0.1) is 17.2 Å². The zero-order valence-electron chi connectivity index (χ0n) is 11.0. The van der Waals surface area contributed by atoms with Crippen LogP contribution in [-0.2, 0) is 9.53 Å². The fraction of sp³-hybridized carbons (Fsp3) is 0.467. The molecular weight excluding hydrogens is 242 g/mol. The third-order valence-electron chi connectivity index (χ3n) is 3.40. The Morgan fingerprint density at radius 2 is 2.42 bits per heavy atom. The molecule has 1 heterocycles. The maximum atomic E-state index is 12.4. The lowest BCUT2D eigenvalue weighted by Gasteiger charge is -2.23. The number of nitrogens with zero attached hydrogens (tertiary/aromatic N) is 1. The van der Waals surface area contributed by atoms with Gasteiger partial charge in [-0.1, -0.05) is 12.1 Å². The van der Waals surface area contributed by atoms with Gasteiger partial charge in [-0.05, 0) is 30.5 Å². The van der Waals surface area contributed by atoms with Crippen LogP contribution >= 0.6 is 0 Å². The van der Waals surface area contributed by atoms with Crippen molar-refractivity contribution in [3.63, 3.8) is 0 Å². The standard InChI is InChI=1S/C15H17NO3/c1-18-13-6-2-4-11(8-13)14(9-16)15(17)12-5-3-7-19-10-12/h2,4,6,8,12,14H,3,5,7,10H2,1H3. The zero-order valence-corrected chi connectivity index (χ0v) is 11.0. The first-order valence-corrected chi connectivity index (χ1v) is 6.41. The molecule has 0 N–H and O–H groups in total. The molecular formula is C15H17NO3. The van der Waals surface area contributed by atoms with Gasteiger partial charge in [-0.25, -0.2) is 0 Å². The van der Waals surface area contributed by atoms with Gasteiger partial charge in [0.25, 0.3) is 0 Å². The predicted molar refractivity (Wildman–Crippen MR) is 69.9 cm³/mol. The average molecular weight is 259 g/mol. The molecule has 0 saturated carbocycles. The Morgan fingerprint density at radius 3 is 3.05 bits per heavy atom. The van der Waals surface area contributed by atoms with E-state index in [0.717, 1.165) is 12.8 Å². The maximum Gasteiger partial charge on any atom is 0.159 e. The Labute approximate surface area is 112 Å². The van der Waals surface area contributed by atoms with Crippen LogP contribution in [-0.4, -0.2) is 26.1 Å². The van der Waals surface area contributed by atoms with Crippen LogP contribution in [0.4, 0.5) is 0 Å². The lowest BCUT2D eigenvalue weighted by atomic mass is 9.85. The number of nitriles is 1. The number of hydrogen-bond acceptors (Lipinski definition) is 4. The Kier molecular flexibility index (Phi) is 4.53. The van der Waals surface area contributed by atoms with E-state index in [1.54, 1.807) is 31.4 Å². The molecule has 1 aliphatic heterocycles. The van der Waals surface area contributed by atoms with Gasteiger partial charge in [0.2, 0.25) is 0 Å². The summed E-state index contributed by atoms with van der Waals surface area (Å²) in [6, 6.07) is 9.23. The van der Waals surface area contributed by atoms with Crippen molar-refractivity contribution in [2.24, 2.45) is 5.92 Å². The van der Waals surface area contributed by atoms with E-state index in [1.807, 2.05) is 0 Å². The third kappa shape index (κ3) is 3.12. The molecule has 2 unspecified atom stereocenters. The van der Waals surface area contributed by atoms with Crippen molar-refractivity contribution in [3.05, 3.63) is 29.8 Å². The van der Waals surface area contributed by atoms with Crippen LogP contribution in [0.2, 0.25) is 0 Å². The summed E-state index contributed by atoms with van der Waals surface area (Å²) >= 11 is 0. The summed E-state index contributed by atoms with van der Waals surface area (Å²) in [5.41, 5.74) is 0.692. The minimum atomic E-state index is -0.734. The van der Waals surface area contributed by atoms with E-state index in [9.17, 15) is 10.1 Å². The number of ether oxygens (including phenoxy) is 2. The number of carbonyl (C=O) groups is 1. The van der Waals surface area contributed by atoms with E-state index < -0.39 is 5.92 Å². The van der Waals surface area contributed by atoms with Gasteiger partial charge >= 0.3 is 0 Å². The molecule has 0 aliphatic carbocycles. The smallest absolute Gasteiger partial charge is 0.159 e. The minimum absolute atomic E-state index is 0.0459. The van der Waals surface area contributed by atoms with Crippen LogP contribution < -0.4 is 4.74 Å². The first-order chi connectivity index (χ1) is 9.26. The van der Waals surface area contributed by atoms with Gasteiger partial charge < -0.3 is 9.47 Å². The highest BCUT2D eigenvalue weighted by Crippen LogP contribution is 2.26. The molecule has 19 heavy (non-hydrogen) atoms. The van der Waals surface area contributed by atoms with Crippen LogP contribution in [0.1, 0.15) is 24.3 Å². The summed E-state index contributed by atoms with van der Waals surface area (Å²) in [5.74, 6) is -0.285. The quantitative estimate of drug-likeness (QED) is 0.832. The average Bonchev–Trinajstić information content (AvgIpc) is 2.49. The van der Waals surface area contributed by atoms with Crippen molar-refractivity contribution in [2.45, 2.75) is 18.8 Å². The van der Waals surface area contributed by atoms with Crippen molar-refractivity contribution in [1.29, 1.82) is 5.26 Å². The van der Waals surface area contributed by atoms with E-state index >= 15 is 0 Å². The van der Waals surface area contributed by atoms with Crippen LogP contribution in [0.15, 0.2) is 24.3 Å². The molecule has 0 spiro atoms. The predicted octanol–water partition coefficient (Wildman–Crippen LogP) is 2.30. The number of benzene rings is 1. The van der Waals surface area contributed by atoms with E-state index in [2.05, 4.69) is 6.07 Å². The molecule has 0 amide bonds. The van der Waals surface area contributed by atoms with Crippen LogP contribution in [0.3, 0.4) is 0 Å². The van der Waals surface area contributed by atoms with Crippen LogP contribution in [0.25, 0.3) is 0 Å². The van der Waals surface area contributed by atoms with E-state index in [0.29, 0.717) is 24.5 Å². The second-order valence-electron chi connectivity index (χ2n) is 4.66. The highest BCUT2D eigenvalue weighted by molar-refractivity contribution is 5.90. The molecule has 0 aromatic heterocycles. The number of rotatable bonds is 4. The Balaban J connectivity index is 2.18. The number of ketones is 1. The second kappa shape index (κ2) is 6.35. The molecule has 1 fully saturated rings. The van der Waals surface area contributed by atoms with Crippen molar-refractivity contribution >= 4 is 5.78 Å². The number of Topliss-reactive ketones (excluding diaryl/α,β-unsaturated/α-hetero) is 1. The molecule has 1 aromatic rings. The summed E-state index contributed by atoms with van der Waals surface area (Å²) in [6.45, 7) is 1.14. The van der Waals surface area contributed by atoms with Crippen LogP contribution in [0.5, 0.6) is 5.75 Å². The lowest BCUT2D eigenvalue weighted by molar-refractivity contribution is -0.127. The van der Waals surface area contributed by atoms with Gasteiger partial charge in [-0.3, -0.25) is 4.79 Å². The lowest BCUT2D eigenvalue weighted by Crippen LogP contribution is -2.29. The topological polar surface area (TPSA) is 59.3 Å². The molecule has 0 bridgehead atoms. The summed E-state index contributed by atoms with van der Waals surface area (Å²) < 4.78 is 10.5. The Morgan fingerprint density at radius 1 is 1.58 bits per heavy atom. The van der Waals surface area contributed by atoms with Crippen molar-refractivity contribution in [2.75, 3.05) is 20.3 Å². The van der Waals surface area contributed by atoms with Crippen molar-refractivity contribution in [3.8, 4) is 11.8 Å². The van der Waals surface area contributed by atoms with Gasteiger partial charge in [-0.2, -0.15) is 5.26 Å². The summed E-state index contributed by atoms with van der Waals surface area (Å²) in [5, 5.41) is 9.29. The first kappa shape index (κ1) is 13.6. The van der Waals surface area contributed by atoms with Crippen molar-refractivity contribution in [1.82, 2.24) is 0 Å². The first-order valence-electron chi connectivity index (χ1n) is 6.41. The third-order valence-corrected chi connectivity index (χ3v) is 3.40. The van der Waals surface area contributed by atoms with Gasteiger partial charge in [-0.15, -0.1) is 0 Å². The van der Waals surface area contributed by atoms with E-state index in [4.69, 9.17) is 9.47 Å². The SMILES string of the molecule is COc1cccc(C(C#N)C(=O)C2CCCOC2)c1. The fourth-order valence-corrected chi connectivity index (χ4v) is 2.32. The van der Waals surface area contributed by atoms with Gasteiger partial charge in [0.05, 0.1) is 19.8 Å². The zero-order chi connectivity index (χ0) is 13.7. The molecule has 4 heteroatoms. The van der Waals surface area contributed by atoms with Crippen molar-refractivity contribution < 1.29 is 14.3 Å². The largest absolute Gasteiger partial charge is 0.497 e. The Bertz CT molecular complexity index is 486. The fourth-order valence-electron chi connectivity index (χ4n) is 2.32. The van der Waals surface area contributed by atoms with Gasteiger partial charge in [0.15, 0.2) is 5.78 Å². The second-order valence-corrected chi connectivity index (χ2v) is 4.66. The monoisotopic (exact) mass is 259 g/mol. The minimum Gasteiger partial charge on any atom is -0.497 e. The molecule has 4 nitrogen and oxygen atoms in total. The number of hydrogen-bond donors (Lipinski definition) is 0. The number of methoxy groups -OCH3 is 1. The number of carbonyl (C=O) groups excluding carboxylic acids is 1. The summed E-state index contributed by atoms with van der Waals surface area (Å²) in [6.07, 6.45) is 1.69. The van der Waals surface area contributed by atoms with E-state index in [1.165, 1.54) is 0 Å². The molecule has 2 atom stereocenters. The van der Waals surface area contributed by atoms with Gasteiger partial charge in [0.1, 0.15) is 11.7 Å². The summed E-state index contributed by atoms with van der Waals surface area (Å²) in [4.78, 5) is 12.4. The molecule has 100 valence electrons.